The zero-order valence-electron chi connectivity index (χ0n) is 12.6. The third-order valence-corrected chi connectivity index (χ3v) is 3.43. The van der Waals surface area contributed by atoms with Crippen molar-refractivity contribution in [3.05, 3.63) is 53.9 Å². The third kappa shape index (κ3) is 3.85. The standard InChI is InChI=1S/C16H11N3O.ClHO4/c17-9-5-6-13-14(7-9)20-15-8-12(18)10-3-1-2-4-11(10)16(15)19-13;2-1(3,4)5/h1-8,17H,18H2;(H,2,3,4,5). The Morgan fingerprint density at radius 1 is 1.04 bits per heavy atom. The highest BCUT2D eigenvalue weighted by atomic mass is 35.7. The van der Waals surface area contributed by atoms with Gasteiger partial charge in [0.05, 0.1) is 20.3 Å². The normalized spacial score (nSPS) is 11.5. The van der Waals surface area contributed by atoms with Crippen molar-refractivity contribution in [2.24, 2.45) is 0 Å². The predicted octanol–water partition coefficient (Wildman–Crippen LogP) is -0.977. The molecule has 2 aromatic rings. The van der Waals surface area contributed by atoms with Crippen molar-refractivity contribution >= 4 is 27.6 Å². The second-order valence-electron chi connectivity index (χ2n) is 5.15. The Bertz CT molecular complexity index is 1080. The lowest BCUT2D eigenvalue weighted by molar-refractivity contribution is -1.92. The van der Waals surface area contributed by atoms with Crippen LogP contribution < -0.4 is 25.1 Å². The molecule has 1 aliphatic carbocycles. The SMILES string of the molecule is N=c1ccc2nc3c(cc(N)c4ccccc43)oc-2c1.[O-][Cl+3]([O-])([O-])O. The molecule has 2 aromatic carbocycles. The Balaban J connectivity index is 0.000000324. The summed E-state index contributed by atoms with van der Waals surface area (Å²) in [6.07, 6.45) is 0. The molecule has 1 heterocycles. The number of nitrogens with zero attached hydrogens (tertiary/aromatic N) is 1. The molecule has 0 amide bonds. The van der Waals surface area contributed by atoms with Crippen LogP contribution in [0.2, 0.25) is 0 Å². The van der Waals surface area contributed by atoms with Crippen LogP contribution in [0.1, 0.15) is 0 Å². The van der Waals surface area contributed by atoms with Gasteiger partial charge in [-0.1, -0.05) is 24.3 Å². The van der Waals surface area contributed by atoms with Crippen molar-refractivity contribution in [1.82, 2.24) is 4.98 Å². The molecule has 0 fully saturated rings. The van der Waals surface area contributed by atoms with E-state index >= 15 is 0 Å². The predicted molar refractivity (Wildman–Crippen MR) is 80.6 cm³/mol. The lowest BCUT2D eigenvalue weighted by Crippen LogP contribution is -2.58. The molecule has 2 aliphatic rings. The van der Waals surface area contributed by atoms with Crippen LogP contribution in [0, 0.1) is 15.7 Å². The third-order valence-electron chi connectivity index (χ3n) is 3.43. The Labute approximate surface area is 143 Å². The van der Waals surface area contributed by atoms with Gasteiger partial charge in [0, 0.05) is 28.6 Å². The van der Waals surface area contributed by atoms with E-state index in [-0.39, 0.29) is 0 Å². The van der Waals surface area contributed by atoms with Crippen LogP contribution in [-0.4, -0.2) is 9.64 Å². The minimum Gasteiger partial charge on any atom is -0.453 e. The topological polar surface area (TPSA) is 165 Å². The molecule has 0 radical (unpaired) electrons. The van der Waals surface area contributed by atoms with Crippen molar-refractivity contribution in [2.75, 3.05) is 5.73 Å². The van der Waals surface area contributed by atoms with Gasteiger partial charge in [0.25, 0.3) is 0 Å². The van der Waals surface area contributed by atoms with E-state index < -0.39 is 10.2 Å². The first-order chi connectivity index (χ1) is 11.7. The van der Waals surface area contributed by atoms with Gasteiger partial charge in [0.15, 0.2) is 11.3 Å². The van der Waals surface area contributed by atoms with Gasteiger partial charge < -0.3 is 15.6 Å². The molecule has 0 saturated carbocycles. The van der Waals surface area contributed by atoms with Gasteiger partial charge in [0.1, 0.15) is 11.2 Å². The summed E-state index contributed by atoms with van der Waals surface area (Å²) < 4.78 is 38.6. The van der Waals surface area contributed by atoms with Crippen LogP contribution in [-0.2, 0) is 0 Å². The van der Waals surface area contributed by atoms with E-state index in [4.69, 9.17) is 34.2 Å². The molecule has 0 bridgehead atoms. The first kappa shape index (κ1) is 17.1. The highest BCUT2D eigenvalue weighted by Crippen LogP contribution is 2.32. The summed E-state index contributed by atoms with van der Waals surface area (Å²) in [5.74, 6) is 0.597. The van der Waals surface area contributed by atoms with Crippen LogP contribution in [0.25, 0.3) is 33.3 Å². The average Bonchev–Trinajstić information content (AvgIpc) is 2.52. The number of hydrogen-bond donors (Lipinski definition) is 3. The lowest BCUT2D eigenvalue weighted by Gasteiger charge is -2.09. The van der Waals surface area contributed by atoms with E-state index in [1.54, 1.807) is 24.3 Å². The molecule has 128 valence electrons. The smallest absolute Gasteiger partial charge is 0.155 e. The minimum atomic E-state index is -4.69. The number of halogens is 1. The Morgan fingerprint density at radius 3 is 2.36 bits per heavy atom. The molecule has 25 heavy (non-hydrogen) atoms. The van der Waals surface area contributed by atoms with Crippen molar-refractivity contribution in [3.8, 4) is 11.5 Å². The minimum absolute atomic E-state index is 0.399. The van der Waals surface area contributed by atoms with Gasteiger partial charge in [-0.15, -0.1) is 0 Å². The fourth-order valence-corrected chi connectivity index (χ4v) is 2.48. The van der Waals surface area contributed by atoms with E-state index in [0.717, 1.165) is 22.0 Å². The number of benzene rings is 3. The molecule has 9 heteroatoms. The Hall–Kier alpha value is -2.75. The number of aromatic nitrogens is 1. The van der Waals surface area contributed by atoms with E-state index in [0.29, 0.717) is 22.4 Å². The van der Waals surface area contributed by atoms with Crippen molar-refractivity contribution in [1.29, 1.82) is 5.41 Å². The highest BCUT2D eigenvalue weighted by molar-refractivity contribution is 6.09. The van der Waals surface area contributed by atoms with Gasteiger partial charge in [-0.05, 0) is 12.1 Å². The monoisotopic (exact) mass is 361 g/mol. The zero-order chi connectivity index (χ0) is 18.2. The van der Waals surface area contributed by atoms with Gasteiger partial charge in [-0.2, -0.15) is 14.0 Å². The lowest BCUT2D eigenvalue weighted by atomic mass is 10.1. The van der Waals surface area contributed by atoms with Gasteiger partial charge in [-0.3, -0.25) is 0 Å². The summed E-state index contributed by atoms with van der Waals surface area (Å²) in [6.45, 7) is 0. The molecule has 1 aliphatic heterocycles. The van der Waals surface area contributed by atoms with Crippen molar-refractivity contribution in [3.63, 3.8) is 0 Å². The molecule has 4 N–H and O–H groups in total. The van der Waals surface area contributed by atoms with Gasteiger partial charge in [0.2, 0.25) is 0 Å². The second-order valence-corrected chi connectivity index (χ2v) is 5.94. The first-order valence-corrected chi connectivity index (χ1v) is 8.18. The maximum Gasteiger partial charge on any atom is 0.155 e. The molecule has 0 spiro atoms. The number of anilines is 1. The fraction of sp³-hybridized carbons (Fsp3) is 0. The quantitative estimate of drug-likeness (QED) is 0.206. The van der Waals surface area contributed by atoms with E-state index in [9.17, 15) is 0 Å². The number of nitrogens with two attached hydrogens (primary N) is 1. The summed E-state index contributed by atoms with van der Waals surface area (Å²) in [5, 5.41) is 9.99. The summed E-state index contributed by atoms with van der Waals surface area (Å²) in [7, 11) is -4.69. The van der Waals surface area contributed by atoms with E-state index in [2.05, 4.69) is 4.98 Å². The number of nitrogens with one attached hydrogen (secondary N) is 1. The second kappa shape index (κ2) is 6.28. The van der Waals surface area contributed by atoms with Crippen molar-refractivity contribution < 1.29 is 33.3 Å². The maximum atomic E-state index is 8.60. The van der Waals surface area contributed by atoms with Gasteiger partial charge in [-0.25, -0.2) is 4.98 Å². The molecule has 8 nitrogen and oxygen atoms in total. The number of fused-ring (bicyclic) bond motifs is 4. The zero-order valence-corrected chi connectivity index (χ0v) is 13.4. The first-order valence-electron chi connectivity index (χ1n) is 6.92. The molecule has 0 saturated heterocycles. The fourth-order valence-electron chi connectivity index (χ4n) is 2.48. The molecule has 0 aromatic heterocycles. The summed E-state index contributed by atoms with van der Waals surface area (Å²) in [6, 6.07) is 14.8. The molecular weight excluding hydrogens is 350 g/mol. The van der Waals surface area contributed by atoms with Crippen LogP contribution in [0.15, 0.2) is 52.9 Å². The average molecular weight is 362 g/mol. The largest absolute Gasteiger partial charge is 0.453 e. The molecule has 4 rings (SSSR count). The number of rotatable bonds is 0. The highest BCUT2D eigenvalue weighted by Gasteiger charge is 2.12. The Kier molecular flexibility index (Phi) is 4.29. The Morgan fingerprint density at radius 2 is 1.68 bits per heavy atom. The maximum absolute atomic E-state index is 8.60. The van der Waals surface area contributed by atoms with E-state index in [1.165, 1.54) is 0 Å². The van der Waals surface area contributed by atoms with Crippen molar-refractivity contribution in [2.45, 2.75) is 0 Å². The van der Waals surface area contributed by atoms with E-state index in [1.807, 2.05) is 24.3 Å². The van der Waals surface area contributed by atoms with Crippen LogP contribution in [0.5, 0.6) is 0 Å². The summed E-state index contributed by atoms with van der Waals surface area (Å²) >= 11 is 0. The number of nitrogen functional groups attached to an aromatic ring is 1. The van der Waals surface area contributed by atoms with Crippen LogP contribution >= 0.6 is 0 Å². The van der Waals surface area contributed by atoms with Crippen LogP contribution in [0.3, 0.4) is 0 Å². The molecule has 0 atom stereocenters. The molecular formula is C16H12ClN3O5. The summed E-state index contributed by atoms with van der Waals surface area (Å²) in [4.78, 5) is 4.66. The molecule has 0 unspecified atom stereocenters. The van der Waals surface area contributed by atoms with Gasteiger partial charge >= 0.3 is 0 Å². The van der Waals surface area contributed by atoms with Crippen LogP contribution in [0.4, 0.5) is 5.69 Å². The number of hydrogen-bond acceptors (Lipinski definition) is 8. The summed E-state index contributed by atoms with van der Waals surface area (Å²) in [5.41, 5.74) is 8.91.